The third-order valence-corrected chi connectivity index (χ3v) is 4.03. The Morgan fingerprint density at radius 1 is 1.26 bits per heavy atom. The molecular weight excluding hydrogens is 359 g/mol. The molecule has 142 valence electrons. The van der Waals surface area contributed by atoms with Crippen LogP contribution >= 0.6 is 0 Å². The zero-order valence-electron chi connectivity index (χ0n) is 14.7. The van der Waals surface area contributed by atoms with Gasteiger partial charge in [0.15, 0.2) is 5.69 Å². The van der Waals surface area contributed by atoms with E-state index in [1.807, 2.05) is 6.92 Å². The minimum absolute atomic E-state index is 0.232. The van der Waals surface area contributed by atoms with Gasteiger partial charge < -0.3 is 9.73 Å². The van der Waals surface area contributed by atoms with E-state index >= 15 is 0 Å². The first kappa shape index (κ1) is 18.8. The van der Waals surface area contributed by atoms with Crippen LogP contribution in [0.15, 0.2) is 53.3 Å². The lowest BCUT2D eigenvalue weighted by Crippen LogP contribution is -2.35. The second-order valence-electron chi connectivity index (χ2n) is 6.31. The molecule has 5 nitrogen and oxygen atoms in total. The van der Waals surface area contributed by atoms with E-state index in [9.17, 15) is 18.0 Å². The van der Waals surface area contributed by atoms with Crippen LogP contribution in [0.25, 0.3) is 5.69 Å². The van der Waals surface area contributed by atoms with E-state index in [1.165, 1.54) is 18.4 Å². The van der Waals surface area contributed by atoms with Crippen molar-refractivity contribution >= 4 is 5.91 Å². The first-order valence-corrected chi connectivity index (χ1v) is 8.31. The topological polar surface area (TPSA) is 60.1 Å². The molecule has 2 aromatic heterocycles. The van der Waals surface area contributed by atoms with Crippen LogP contribution in [0.4, 0.5) is 13.2 Å². The summed E-state index contributed by atoms with van der Waals surface area (Å²) in [6.45, 7) is 3.52. The molecule has 8 heteroatoms. The molecule has 0 saturated carbocycles. The Kier molecular flexibility index (Phi) is 5.07. The van der Waals surface area contributed by atoms with Gasteiger partial charge in [0.1, 0.15) is 5.76 Å². The van der Waals surface area contributed by atoms with Crippen LogP contribution in [-0.2, 0) is 12.6 Å². The number of benzene rings is 1. The average Bonchev–Trinajstić information content (AvgIpc) is 3.24. The third kappa shape index (κ3) is 4.21. The van der Waals surface area contributed by atoms with E-state index < -0.39 is 29.4 Å². The smallest absolute Gasteiger partial charge is 0.434 e. The minimum atomic E-state index is -4.74. The van der Waals surface area contributed by atoms with Gasteiger partial charge in [-0.2, -0.15) is 18.3 Å². The number of furan rings is 1. The molecule has 0 fully saturated rings. The number of rotatable bonds is 5. The van der Waals surface area contributed by atoms with Gasteiger partial charge in [0, 0.05) is 12.5 Å². The molecule has 1 N–H and O–H groups in total. The number of aryl methyl sites for hydroxylation is 1. The van der Waals surface area contributed by atoms with Crippen LogP contribution in [-0.4, -0.2) is 21.7 Å². The summed E-state index contributed by atoms with van der Waals surface area (Å²) in [5.41, 5.74) is -0.483. The Bertz CT molecular complexity index is 913. The highest BCUT2D eigenvalue weighted by Gasteiger charge is 2.40. The number of hydrogen-bond acceptors (Lipinski definition) is 3. The zero-order valence-corrected chi connectivity index (χ0v) is 14.7. The lowest BCUT2D eigenvalue weighted by molar-refractivity contribution is -0.143. The number of alkyl halides is 3. The minimum Gasteiger partial charge on any atom is -0.469 e. The first-order chi connectivity index (χ1) is 12.8. The maximum Gasteiger partial charge on any atom is 0.434 e. The molecular formula is C19H18F3N3O2. The predicted octanol–water partition coefficient (Wildman–Crippen LogP) is 4.15. The molecule has 0 aliphatic heterocycles. The summed E-state index contributed by atoms with van der Waals surface area (Å²) in [6, 6.07) is 9.45. The Morgan fingerprint density at radius 3 is 2.56 bits per heavy atom. The summed E-state index contributed by atoms with van der Waals surface area (Å²) in [5.74, 6) is -0.200. The van der Waals surface area contributed by atoms with E-state index in [-0.39, 0.29) is 5.69 Å². The molecule has 0 aliphatic rings. The van der Waals surface area contributed by atoms with Gasteiger partial charge in [-0.05, 0) is 38.1 Å². The van der Waals surface area contributed by atoms with Gasteiger partial charge in [0.25, 0.3) is 5.91 Å². The summed E-state index contributed by atoms with van der Waals surface area (Å²) in [5, 5.41) is 6.37. The van der Waals surface area contributed by atoms with Gasteiger partial charge in [0.05, 0.1) is 23.7 Å². The second kappa shape index (κ2) is 7.30. The maximum absolute atomic E-state index is 13.7. The van der Waals surface area contributed by atoms with E-state index in [2.05, 4.69) is 10.4 Å². The van der Waals surface area contributed by atoms with Crippen LogP contribution in [0.3, 0.4) is 0 Å². The fraction of sp³-hybridized carbons (Fsp3) is 0.263. The summed E-state index contributed by atoms with van der Waals surface area (Å²) in [6.07, 6.45) is -1.93. The molecule has 1 aromatic carbocycles. The molecule has 0 aliphatic carbocycles. The van der Waals surface area contributed by atoms with E-state index in [1.54, 1.807) is 31.2 Å². The number of carbonyl (C=O) groups excluding carboxylic acids is 1. The maximum atomic E-state index is 13.7. The van der Waals surface area contributed by atoms with Gasteiger partial charge in [-0.1, -0.05) is 17.7 Å². The number of halogens is 3. The highest BCUT2D eigenvalue weighted by Crippen LogP contribution is 2.33. The summed E-state index contributed by atoms with van der Waals surface area (Å²) in [4.78, 5) is 12.5. The molecule has 0 saturated heterocycles. The zero-order chi connectivity index (χ0) is 19.6. The Hall–Kier alpha value is -3.03. The average molecular weight is 377 g/mol. The largest absolute Gasteiger partial charge is 0.469 e. The first-order valence-electron chi connectivity index (χ1n) is 8.31. The van der Waals surface area contributed by atoms with Gasteiger partial charge in [-0.15, -0.1) is 0 Å². The number of nitrogens with one attached hydrogen (secondary N) is 1. The van der Waals surface area contributed by atoms with Crippen LogP contribution in [0.5, 0.6) is 0 Å². The van der Waals surface area contributed by atoms with Crippen LogP contribution < -0.4 is 5.32 Å². The highest BCUT2D eigenvalue weighted by atomic mass is 19.4. The number of carbonyl (C=O) groups is 1. The standard InChI is InChI=1S/C19H18F3N3O2/c1-12-5-7-14(8-6-12)25-17(19(20,21)22)16(11-23-25)18(26)24-13(2)10-15-4-3-9-27-15/h3-9,11,13H,10H2,1-2H3,(H,24,26). The van der Waals surface area contributed by atoms with Crippen LogP contribution in [0.1, 0.15) is 34.3 Å². The molecule has 1 unspecified atom stereocenters. The number of aromatic nitrogens is 2. The van der Waals surface area contributed by atoms with Crippen molar-refractivity contribution in [2.24, 2.45) is 0 Å². The van der Waals surface area contributed by atoms with Crippen molar-refractivity contribution in [1.29, 1.82) is 0 Å². The summed E-state index contributed by atoms with van der Waals surface area (Å²) in [7, 11) is 0. The van der Waals surface area contributed by atoms with E-state index in [4.69, 9.17) is 4.42 Å². The number of nitrogens with zero attached hydrogens (tertiary/aromatic N) is 2. The normalized spacial score (nSPS) is 12.8. The second-order valence-corrected chi connectivity index (χ2v) is 6.31. The summed E-state index contributed by atoms with van der Waals surface area (Å²) >= 11 is 0. The molecule has 3 aromatic rings. The van der Waals surface area contributed by atoms with E-state index in [0.717, 1.165) is 16.4 Å². The molecule has 1 atom stereocenters. The lowest BCUT2D eigenvalue weighted by Gasteiger charge is -2.15. The van der Waals surface area contributed by atoms with E-state index in [0.29, 0.717) is 12.2 Å². The van der Waals surface area contributed by atoms with Gasteiger partial charge in [-0.3, -0.25) is 4.79 Å². The molecule has 0 bridgehead atoms. The third-order valence-electron chi connectivity index (χ3n) is 4.03. The van der Waals surface area contributed by atoms with Crippen LogP contribution in [0, 0.1) is 6.92 Å². The van der Waals surface area contributed by atoms with Crippen molar-refractivity contribution < 1.29 is 22.4 Å². The molecule has 1 amide bonds. The van der Waals surface area contributed by atoms with Crippen molar-refractivity contribution in [1.82, 2.24) is 15.1 Å². The van der Waals surface area contributed by atoms with Crippen molar-refractivity contribution in [3.63, 3.8) is 0 Å². The monoisotopic (exact) mass is 377 g/mol. The fourth-order valence-corrected chi connectivity index (χ4v) is 2.75. The van der Waals surface area contributed by atoms with Gasteiger partial charge >= 0.3 is 6.18 Å². The van der Waals surface area contributed by atoms with Crippen molar-refractivity contribution in [2.45, 2.75) is 32.5 Å². The lowest BCUT2D eigenvalue weighted by atomic mass is 10.1. The predicted molar refractivity (Wildman–Crippen MR) is 92.6 cm³/mol. The number of hydrogen-bond donors (Lipinski definition) is 1. The van der Waals surface area contributed by atoms with Gasteiger partial charge in [0.2, 0.25) is 0 Å². The molecule has 2 heterocycles. The van der Waals surface area contributed by atoms with Crippen LogP contribution in [0.2, 0.25) is 0 Å². The molecule has 3 rings (SSSR count). The van der Waals surface area contributed by atoms with Gasteiger partial charge in [-0.25, -0.2) is 4.68 Å². The van der Waals surface area contributed by atoms with Crippen molar-refractivity contribution in [2.75, 3.05) is 0 Å². The fourth-order valence-electron chi connectivity index (χ4n) is 2.75. The molecule has 0 spiro atoms. The Labute approximate surface area is 153 Å². The van der Waals surface area contributed by atoms with Crippen molar-refractivity contribution in [3.05, 3.63) is 71.4 Å². The number of amides is 1. The molecule has 0 radical (unpaired) electrons. The Morgan fingerprint density at radius 2 is 1.96 bits per heavy atom. The quantitative estimate of drug-likeness (QED) is 0.727. The molecule has 27 heavy (non-hydrogen) atoms. The highest BCUT2D eigenvalue weighted by molar-refractivity contribution is 5.95. The SMILES string of the molecule is Cc1ccc(-n2ncc(C(=O)NC(C)Cc3ccco3)c2C(F)(F)F)cc1. The summed E-state index contributed by atoms with van der Waals surface area (Å²) < 4.78 is 46.9. The van der Waals surface area contributed by atoms with Crippen molar-refractivity contribution in [3.8, 4) is 5.69 Å². The Balaban J connectivity index is 1.88.